The molecule has 3 fully saturated rings. The SMILES string of the molecule is Nc1nn2cc(F)cnc2c1C(=O)Nc1ccncc1N1CCC(C(=O)N2CCN(C3COC3)CC2)CC1. The average Bonchev–Trinajstić information content (AvgIpc) is 3.23. The van der Waals surface area contributed by atoms with Crippen molar-refractivity contribution in [3.63, 3.8) is 0 Å². The van der Waals surface area contributed by atoms with E-state index in [1.165, 1.54) is 0 Å². The molecule has 3 saturated heterocycles. The number of amides is 2. The summed E-state index contributed by atoms with van der Waals surface area (Å²) >= 11 is 0. The van der Waals surface area contributed by atoms with E-state index in [1.807, 2.05) is 4.90 Å². The summed E-state index contributed by atoms with van der Waals surface area (Å²) in [4.78, 5) is 41.2. The number of aromatic nitrogens is 4. The van der Waals surface area contributed by atoms with Crippen molar-refractivity contribution in [3.8, 4) is 0 Å². The summed E-state index contributed by atoms with van der Waals surface area (Å²) in [5, 5.41) is 6.89. The quantitative estimate of drug-likeness (QED) is 0.499. The zero-order valence-corrected chi connectivity index (χ0v) is 20.9. The highest BCUT2D eigenvalue weighted by Crippen LogP contribution is 2.31. The Morgan fingerprint density at radius 3 is 2.55 bits per heavy atom. The summed E-state index contributed by atoms with van der Waals surface area (Å²) in [6.07, 6.45) is 6.89. The van der Waals surface area contributed by atoms with Gasteiger partial charge in [-0.15, -0.1) is 5.10 Å². The molecule has 6 heterocycles. The Morgan fingerprint density at radius 2 is 1.84 bits per heavy atom. The van der Waals surface area contributed by atoms with Crippen LogP contribution in [0.3, 0.4) is 0 Å². The van der Waals surface area contributed by atoms with Crippen LogP contribution >= 0.6 is 0 Å². The van der Waals surface area contributed by atoms with Gasteiger partial charge in [-0.2, -0.15) is 0 Å². The minimum atomic E-state index is -0.587. The Bertz CT molecular complexity index is 1350. The molecule has 12 nitrogen and oxygen atoms in total. The van der Waals surface area contributed by atoms with Gasteiger partial charge in [-0.1, -0.05) is 0 Å². The third-order valence-electron chi connectivity index (χ3n) is 7.69. The molecule has 3 aromatic heterocycles. The van der Waals surface area contributed by atoms with Crippen molar-refractivity contribution in [2.24, 2.45) is 5.92 Å². The topological polar surface area (TPSA) is 134 Å². The van der Waals surface area contributed by atoms with Crippen LogP contribution in [0, 0.1) is 11.7 Å². The van der Waals surface area contributed by atoms with Crippen LogP contribution in [0.15, 0.2) is 30.9 Å². The number of carbonyl (C=O) groups is 2. The van der Waals surface area contributed by atoms with Crippen LogP contribution in [0.5, 0.6) is 0 Å². The van der Waals surface area contributed by atoms with E-state index < -0.39 is 11.7 Å². The van der Waals surface area contributed by atoms with Crippen LogP contribution in [0.1, 0.15) is 23.2 Å². The molecule has 6 rings (SSSR count). The number of fused-ring (bicyclic) bond motifs is 1. The van der Waals surface area contributed by atoms with Crippen molar-refractivity contribution in [2.45, 2.75) is 18.9 Å². The van der Waals surface area contributed by atoms with Crippen LogP contribution in [0.2, 0.25) is 0 Å². The predicted molar refractivity (Wildman–Crippen MR) is 137 cm³/mol. The highest BCUT2D eigenvalue weighted by atomic mass is 19.1. The maximum atomic E-state index is 13.5. The number of nitrogens with two attached hydrogens (primary N) is 1. The van der Waals surface area contributed by atoms with Crippen LogP contribution in [0.25, 0.3) is 5.65 Å². The second-order valence-electron chi connectivity index (χ2n) is 9.96. The molecular weight excluding hydrogens is 493 g/mol. The first kappa shape index (κ1) is 24.5. The second kappa shape index (κ2) is 10.1. The Hall–Kier alpha value is -3.84. The highest BCUT2D eigenvalue weighted by Gasteiger charge is 2.34. The number of hydrogen-bond acceptors (Lipinski definition) is 9. The first-order chi connectivity index (χ1) is 18.5. The lowest BCUT2D eigenvalue weighted by Crippen LogP contribution is -2.58. The first-order valence-electron chi connectivity index (χ1n) is 12.9. The lowest BCUT2D eigenvalue weighted by atomic mass is 9.94. The maximum Gasteiger partial charge on any atom is 0.263 e. The first-order valence-corrected chi connectivity index (χ1v) is 12.9. The van der Waals surface area contributed by atoms with E-state index in [4.69, 9.17) is 10.5 Å². The van der Waals surface area contributed by atoms with Crippen LogP contribution < -0.4 is 16.0 Å². The molecular formula is C25H30FN9O3. The Balaban J connectivity index is 1.09. The third kappa shape index (κ3) is 4.63. The summed E-state index contributed by atoms with van der Waals surface area (Å²) in [7, 11) is 0. The van der Waals surface area contributed by atoms with Gasteiger partial charge in [-0.3, -0.25) is 19.5 Å². The molecule has 2 amide bonds. The van der Waals surface area contributed by atoms with Crippen molar-refractivity contribution in [1.29, 1.82) is 0 Å². The largest absolute Gasteiger partial charge is 0.381 e. The molecule has 3 aliphatic rings. The number of nitrogen functional groups attached to an aromatic ring is 1. The number of carbonyl (C=O) groups excluding carboxylic acids is 2. The number of ether oxygens (including phenoxy) is 1. The molecule has 3 aliphatic heterocycles. The summed E-state index contributed by atoms with van der Waals surface area (Å²) in [6.45, 7) is 6.27. The molecule has 0 saturated carbocycles. The van der Waals surface area contributed by atoms with E-state index >= 15 is 0 Å². The Morgan fingerprint density at radius 1 is 1.08 bits per heavy atom. The second-order valence-corrected chi connectivity index (χ2v) is 9.96. The fourth-order valence-corrected chi connectivity index (χ4v) is 5.44. The lowest BCUT2D eigenvalue weighted by molar-refractivity contribution is -0.140. The smallest absolute Gasteiger partial charge is 0.263 e. The summed E-state index contributed by atoms with van der Waals surface area (Å²) in [6, 6.07) is 2.22. The summed E-state index contributed by atoms with van der Waals surface area (Å²) in [5.74, 6) is -0.902. The van der Waals surface area contributed by atoms with E-state index in [9.17, 15) is 14.0 Å². The predicted octanol–water partition coefficient (Wildman–Crippen LogP) is 0.857. The Kier molecular flexibility index (Phi) is 6.54. The van der Waals surface area contributed by atoms with Gasteiger partial charge in [-0.25, -0.2) is 13.9 Å². The number of pyridine rings is 1. The molecule has 3 aromatic rings. The normalized spacial score (nSPS) is 19.5. The molecule has 13 heteroatoms. The number of anilines is 3. The monoisotopic (exact) mass is 523 g/mol. The maximum absolute atomic E-state index is 13.5. The molecule has 3 N–H and O–H groups in total. The standard InChI is InChI=1S/C25H30FN9O3/c26-17-11-29-23-21(22(27)31-35(23)13-17)24(36)30-19-1-4-28-12-20(19)33-5-2-16(3-6-33)25(37)34-9-7-32(8-10-34)18-14-38-15-18/h1,4,11-13,16,18H,2-3,5-10,14-15H2,(H2,27,31)(H,28,30,36). The summed E-state index contributed by atoms with van der Waals surface area (Å²) in [5.41, 5.74) is 7.51. The highest BCUT2D eigenvalue weighted by molar-refractivity contribution is 6.12. The number of halogens is 1. The van der Waals surface area contributed by atoms with Gasteiger partial charge >= 0.3 is 0 Å². The van der Waals surface area contributed by atoms with Gasteiger partial charge in [-0.05, 0) is 18.9 Å². The van der Waals surface area contributed by atoms with Gasteiger partial charge in [0.1, 0.15) is 5.56 Å². The van der Waals surface area contributed by atoms with Crippen molar-refractivity contribution in [3.05, 3.63) is 42.2 Å². The molecule has 0 unspecified atom stereocenters. The molecule has 38 heavy (non-hydrogen) atoms. The zero-order chi connectivity index (χ0) is 26.2. The third-order valence-corrected chi connectivity index (χ3v) is 7.69. The van der Waals surface area contributed by atoms with E-state index in [2.05, 4.69) is 30.2 Å². The fourth-order valence-electron chi connectivity index (χ4n) is 5.44. The van der Waals surface area contributed by atoms with Crippen molar-refractivity contribution < 1.29 is 18.7 Å². The number of piperazine rings is 1. The molecule has 0 radical (unpaired) electrons. The number of nitrogens with zero attached hydrogens (tertiary/aromatic N) is 7. The van der Waals surface area contributed by atoms with E-state index in [0.29, 0.717) is 24.8 Å². The minimum Gasteiger partial charge on any atom is -0.381 e. The average molecular weight is 524 g/mol. The number of hydrogen-bond donors (Lipinski definition) is 2. The molecule has 0 bridgehead atoms. The Labute approximate surface area is 218 Å². The van der Waals surface area contributed by atoms with Crippen molar-refractivity contribution >= 4 is 34.7 Å². The van der Waals surface area contributed by atoms with Crippen LogP contribution in [0.4, 0.5) is 21.6 Å². The van der Waals surface area contributed by atoms with Gasteiger partial charge in [0, 0.05) is 51.4 Å². The van der Waals surface area contributed by atoms with Gasteiger partial charge in [0.25, 0.3) is 5.91 Å². The van der Waals surface area contributed by atoms with Gasteiger partial charge in [0.15, 0.2) is 17.3 Å². The van der Waals surface area contributed by atoms with Crippen molar-refractivity contribution in [2.75, 3.05) is 68.4 Å². The zero-order valence-electron chi connectivity index (χ0n) is 20.9. The number of rotatable bonds is 5. The minimum absolute atomic E-state index is 0.00963. The van der Waals surface area contributed by atoms with Crippen LogP contribution in [-0.2, 0) is 9.53 Å². The van der Waals surface area contributed by atoms with Gasteiger partial charge in [0.05, 0.1) is 49.2 Å². The van der Waals surface area contributed by atoms with Gasteiger partial charge < -0.3 is 25.6 Å². The van der Waals surface area contributed by atoms with Crippen LogP contribution in [-0.4, -0.2) is 99.7 Å². The van der Waals surface area contributed by atoms with Gasteiger partial charge in [0.2, 0.25) is 5.91 Å². The van der Waals surface area contributed by atoms with E-state index in [-0.39, 0.29) is 28.9 Å². The number of piperidine rings is 1. The molecule has 200 valence electrons. The summed E-state index contributed by atoms with van der Waals surface area (Å²) < 4.78 is 20.0. The molecule has 0 aromatic carbocycles. The lowest BCUT2D eigenvalue weighted by Gasteiger charge is -2.43. The van der Waals surface area contributed by atoms with E-state index in [1.54, 1.807) is 18.5 Å². The number of nitrogens with one attached hydrogen (secondary N) is 1. The fraction of sp³-hybridized carbons (Fsp3) is 0.480. The van der Waals surface area contributed by atoms with E-state index in [0.717, 1.165) is 74.8 Å². The molecule has 0 atom stereocenters. The molecule has 0 spiro atoms. The van der Waals surface area contributed by atoms with Crippen molar-refractivity contribution in [1.82, 2.24) is 29.4 Å². The molecule has 0 aliphatic carbocycles.